The van der Waals surface area contributed by atoms with Gasteiger partial charge in [0.1, 0.15) is 11.5 Å². The molecule has 0 spiro atoms. The third-order valence-corrected chi connectivity index (χ3v) is 3.91. The number of phenols is 2. The first-order valence-corrected chi connectivity index (χ1v) is 7.02. The third-order valence-electron chi connectivity index (χ3n) is 3.91. The van der Waals surface area contributed by atoms with Gasteiger partial charge >= 0.3 is 0 Å². The number of fused-ring (bicyclic) bond motifs is 1. The summed E-state index contributed by atoms with van der Waals surface area (Å²) >= 11 is 0. The van der Waals surface area contributed by atoms with Gasteiger partial charge in [-0.1, -0.05) is 24.3 Å². The molecule has 23 heavy (non-hydrogen) atoms. The van der Waals surface area contributed by atoms with Gasteiger partial charge < -0.3 is 10.2 Å². The number of carbonyl (C=O) groups excluding carboxylic acids is 1. The Hall–Kier alpha value is -3.32. The molecule has 0 aliphatic rings. The van der Waals surface area contributed by atoms with Crippen molar-refractivity contribution in [2.24, 2.45) is 0 Å². The molecule has 0 atom stereocenters. The molecule has 3 aromatic rings. The maximum atomic E-state index is 12.7. The molecular weight excluding hydrogens is 290 g/mol. The lowest BCUT2D eigenvalue weighted by atomic mass is 9.93. The molecule has 0 radical (unpaired) electrons. The van der Waals surface area contributed by atoms with E-state index in [1.54, 1.807) is 43.3 Å². The van der Waals surface area contributed by atoms with Crippen LogP contribution >= 0.6 is 0 Å². The molecule has 3 rings (SSSR count). The van der Waals surface area contributed by atoms with Crippen molar-refractivity contribution in [3.63, 3.8) is 0 Å². The molecular formula is C19H13NO3. The first-order chi connectivity index (χ1) is 11.0. The van der Waals surface area contributed by atoms with E-state index in [9.17, 15) is 15.0 Å². The summed E-state index contributed by atoms with van der Waals surface area (Å²) in [6, 6.07) is 15.0. The Morgan fingerprint density at radius 2 is 1.52 bits per heavy atom. The summed E-state index contributed by atoms with van der Waals surface area (Å²) in [6.07, 6.45) is 0. The predicted octanol–water partition coefficient (Wildman–Crippen LogP) is 3.66. The fraction of sp³-hybridized carbons (Fsp3) is 0.0526. The lowest BCUT2D eigenvalue weighted by molar-refractivity contribution is 0.103. The average Bonchev–Trinajstić information content (AvgIpc) is 2.60. The minimum absolute atomic E-state index is 0.0182. The molecule has 0 bridgehead atoms. The average molecular weight is 303 g/mol. The number of ketones is 1. The van der Waals surface area contributed by atoms with Crippen molar-refractivity contribution < 1.29 is 15.0 Å². The number of aromatic hydroxyl groups is 2. The third kappa shape index (κ3) is 2.29. The number of rotatable bonds is 2. The highest BCUT2D eigenvalue weighted by Crippen LogP contribution is 2.39. The summed E-state index contributed by atoms with van der Waals surface area (Å²) in [6.45, 7) is 1.60. The van der Waals surface area contributed by atoms with Gasteiger partial charge in [-0.3, -0.25) is 4.79 Å². The largest absolute Gasteiger partial charge is 0.507 e. The normalized spacial score (nSPS) is 10.4. The number of hydrogen-bond acceptors (Lipinski definition) is 4. The molecule has 0 aliphatic carbocycles. The minimum Gasteiger partial charge on any atom is -0.507 e. The van der Waals surface area contributed by atoms with Crippen molar-refractivity contribution in [2.75, 3.05) is 0 Å². The molecule has 0 saturated carbocycles. The maximum absolute atomic E-state index is 12.7. The SMILES string of the molecule is Cc1c(C(=O)c2ccc(C#N)cc2)c(O)c2ccccc2c1O. The van der Waals surface area contributed by atoms with Gasteiger partial charge in [0.15, 0.2) is 5.78 Å². The van der Waals surface area contributed by atoms with Crippen LogP contribution in [0, 0.1) is 18.3 Å². The Labute approximate surface area is 132 Å². The summed E-state index contributed by atoms with van der Waals surface area (Å²) in [7, 11) is 0. The summed E-state index contributed by atoms with van der Waals surface area (Å²) in [5, 5.41) is 30.6. The Morgan fingerprint density at radius 3 is 2.09 bits per heavy atom. The van der Waals surface area contributed by atoms with Crippen LogP contribution in [-0.4, -0.2) is 16.0 Å². The Balaban J connectivity index is 2.23. The van der Waals surface area contributed by atoms with E-state index < -0.39 is 5.78 Å². The first-order valence-electron chi connectivity index (χ1n) is 7.02. The van der Waals surface area contributed by atoms with Crippen LogP contribution in [0.3, 0.4) is 0 Å². The van der Waals surface area contributed by atoms with Crippen LogP contribution in [0.2, 0.25) is 0 Å². The zero-order valence-corrected chi connectivity index (χ0v) is 12.4. The molecule has 0 amide bonds. The van der Waals surface area contributed by atoms with Crippen molar-refractivity contribution >= 4 is 16.6 Å². The molecule has 112 valence electrons. The summed E-state index contributed by atoms with van der Waals surface area (Å²) < 4.78 is 0. The van der Waals surface area contributed by atoms with Crippen LogP contribution in [0.4, 0.5) is 0 Å². The van der Waals surface area contributed by atoms with E-state index in [4.69, 9.17) is 5.26 Å². The van der Waals surface area contributed by atoms with Crippen LogP contribution in [0.1, 0.15) is 27.0 Å². The number of benzene rings is 3. The number of hydrogen-bond donors (Lipinski definition) is 2. The minimum atomic E-state index is -0.398. The summed E-state index contributed by atoms with van der Waals surface area (Å²) in [5.41, 5.74) is 1.20. The molecule has 2 N–H and O–H groups in total. The standard InChI is InChI=1S/C19H13NO3/c1-11-16(18(22)13-8-6-12(10-20)7-9-13)19(23)15-5-3-2-4-14(15)17(11)21/h2-9,21,23H,1H3. The van der Waals surface area contributed by atoms with Crippen molar-refractivity contribution in [1.29, 1.82) is 5.26 Å². The molecule has 0 unspecified atom stereocenters. The van der Waals surface area contributed by atoms with Crippen molar-refractivity contribution in [3.8, 4) is 17.6 Å². The summed E-state index contributed by atoms with van der Waals surface area (Å²) in [5.74, 6) is -0.564. The second kappa shape index (κ2) is 5.47. The smallest absolute Gasteiger partial charge is 0.197 e. The van der Waals surface area contributed by atoms with Crippen LogP contribution in [-0.2, 0) is 0 Å². The molecule has 0 heterocycles. The van der Waals surface area contributed by atoms with Gasteiger partial charge in [0.25, 0.3) is 0 Å². The van der Waals surface area contributed by atoms with E-state index in [0.717, 1.165) is 0 Å². The highest BCUT2D eigenvalue weighted by molar-refractivity contribution is 6.15. The fourth-order valence-electron chi connectivity index (χ4n) is 2.65. The van der Waals surface area contributed by atoms with Gasteiger partial charge in [-0.2, -0.15) is 5.26 Å². The van der Waals surface area contributed by atoms with E-state index in [2.05, 4.69) is 0 Å². The van der Waals surface area contributed by atoms with Gasteiger partial charge in [0.2, 0.25) is 0 Å². The van der Waals surface area contributed by atoms with E-state index in [1.165, 1.54) is 12.1 Å². The van der Waals surface area contributed by atoms with Gasteiger partial charge in [-0.15, -0.1) is 0 Å². The molecule has 0 fully saturated rings. The van der Waals surface area contributed by atoms with E-state index >= 15 is 0 Å². The lowest BCUT2D eigenvalue weighted by Crippen LogP contribution is -2.05. The van der Waals surface area contributed by atoms with Crippen molar-refractivity contribution in [3.05, 3.63) is 70.8 Å². The molecule has 3 aromatic carbocycles. The topological polar surface area (TPSA) is 81.3 Å². The number of phenolic OH excluding ortho intramolecular Hbond substituents is 2. The zero-order valence-electron chi connectivity index (χ0n) is 12.4. The van der Waals surface area contributed by atoms with Gasteiger partial charge in [0.05, 0.1) is 17.2 Å². The lowest BCUT2D eigenvalue weighted by Gasteiger charge is -2.13. The van der Waals surface area contributed by atoms with E-state index in [-0.39, 0.29) is 17.1 Å². The van der Waals surface area contributed by atoms with Crippen LogP contribution in [0.15, 0.2) is 48.5 Å². The maximum Gasteiger partial charge on any atom is 0.197 e. The van der Waals surface area contributed by atoms with Gasteiger partial charge in [-0.25, -0.2) is 0 Å². The fourth-order valence-corrected chi connectivity index (χ4v) is 2.65. The number of nitrogens with zero attached hydrogens (tertiary/aromatic N) is 1. The molecule has 0 aromatic heterocycles. The summed E-state index contributed by atoms with van der Waals surface area (Å²) in [4.78, 5) is 12.7. The highest BCUT2D eigenvalue weighted by Gasteiger charge is 2.22. The molecule has 0 aliphatic heterocycles. The monoisotopic (exact) mass is 303 g/mol. The Bertz CT molecular complexity index is 967. The quantitative estimate of drug-likeness (QED) is 0.559. The predicted molar refractivity (Wildman–Crippen MR) is 86.6 cm³/mol. The number of nitriles is 1. The highest BCUT2D eigenvalue weighted by atomic mass is 16.3. The van der Waals surface area contributed by atoms with Gasteiger partial charge in [-0.05, 0) is 31.2 Å². The van der Waals surface area contributed by atoms with Crippen LogP contribution < -0.4 is 0 Å². The van der Waals surface area contributed by atoms with E-state index in [1.807, 2.05) is 6.07 Å². The first kappa shape index (κ1) is 14.6. The van der Waals surface area contributed by atoms with Crippen molar-refractivity contribution in [1.82, 2.24) is 0 Å². The zero-order chi connectivity index (χ0) is 16.6. The second-order valence-corrected chi connectivity index (χ2v) is 5.26. The second-order valence-electron chi connectivity index (χ2n) is 5.26. The van der Waals surface area contributed by atoms with Crippen molar-refractivity contribution in [2.45, 2.75) is 6.92 Å². The number of carbonyl (C=O) groups is 1. The Kier molecular flexibility index (Phi) is 3.47. The van der Waals surface area contributed by atoms with Crippen LogP contribution in [0.5, 0.6) is 11.5 Å². The van der Waals surface area contributed by atoms with Crippen LogP contribution in [0.25, 0.3) is 10.8 Å². The molecule has 4 heteroatoms. The Morgan fingerprint density at radius 1 is 0.957 bits per heavy atom. The molecule has 0 saturated heterocycles. The van der Waals surface area contributed by atoms with Gasteiger partial charge in [0, 0.05) is 21.9 Å². The molecule has 4 nitrogen and oxygen atoms in total. The van der Waals surface area contributed by atoms with E-state index in [0.29, 0.717) is 27.5 Å².